The molecular formula is C12H9ClN2. The molecule has 0 aliphatic heterocycles. The number of aromatic nitrogens is 2. The molecule has 15 heavy (non-hydrogen) atoms. The molecule has 0 saturated heterocycles. The summed E-state index contributed by atoms with van der Waals surface area (Å²) in [6.45, 7) is 3.65. The van der Waals surface area contributed by atoms with Gasteiger partial charge < -0.3 is 0 Å². The number of hydrogen-bond acceptors (Lipinski definition) is 2. The average Bonchev–Trinajstić information content (AvgIpc) is 2.30. The Morgan fingerprint density at radius 3 is 2.20 bits per heavy atom. The summed E-state index contributed by atoms with van der Waals surface area (Å²) in [6.07, 6.45) is 5.19. The molecule has 1 aromatic carbocycles. The van der Waals surface area contributed by atoms with E-state index in [0.717, 1.165) is 11.1 Å². The second-order valence-corrected chi connectivity index (χ2v) is 3.49. The summed E-state index contributed by atoms with van der Waals surface area (Å²) in [5.41, 5.74) is 1.86. The fraction of sp³-hybridized carbons (Fsp3) is 0. The highest BCUT2D eigenvalue weighted by atomic mass is 35.5. The molecule has 0 saturated carbocycles. The lowest BCUT2D eigenvalue weighted by molar-refractivity contribution is 1.17. The summed E-state index contributed by atoms with van der Waals surface area (Å²) in [6, 6.07) is 7.43. The zero-order chi connectivity index (χ0) is 10.7. The first-order valence-corrected chi connectivity index (χ1v) is 4.88. The highest BCUT2D eigenvalue weighted by molar-refractivity contribution is 6.30. The van der Waals surface area contributed by atoms with Gasteiger partial charge in [-0.2, -0.15) is 0 Å². The van der Waals surface area contributed by atoms with Crippen molar-refractivity contribution >= 4 is 17.7 Å². The number of nitrogens with zero attached hydrogens (tertiary/aromatic N) is 2. The van der Waals surface area contributed by atoms with E-state index in [4.69, 9.17) is 11.6 Å². The van der Waals surface area contributed by atoms with Crippen molar-refractivity contribution in [2.75, 3.05) is 0 Å². The van der Waals surface area contributed by atoms with Crippen LogP contribution < -0.4 is 0 Å². The molecule has 0 spiro atoms. The standard InChI is InChI=1S/C12H9ClN2/c1-2-9-7-14-12(15-8-9)10-3-5-11(13)6-4-10/h2-8H,1H2. The molecule has 2 rings (SSSR count). The van der Waals surface area contributed by atoms with E-state index in [1.807, 2.05) is 24.3 Å². The Kier molecular flexibility index (Phi) is 2.79. The first-order valence-electron chi connectivity index (χ1n) is 4.50. The molecule has 1 aromatic heterocycles. The van der Waals surface area contributed by atoms with Gasteiger partial charge >= 0.3 is 0 Å². The zero-order valence-electron chi connectivity index (χ0n) is 8.02. The van der Waals surface area contributed by atoms with Crippen LogP contribution in [-0.2, 0) is 0 Å². The molecule has 74 valence electrons. The Bertz CT molecular complexity index is 460. The number of hydrogen-bond donors (Lipinski definition) is 0. The SMILES string of the molecule is C=Cc1cnc(-c2ccc(Cl)cc2)nc1. The van der Waals surface area contributed by atoms with Crippen LogP contribution in [-0.4, -0.2) is 9.97 Å². The summed E-state index contributed by atoms with van der Waals surface area (Å²) in [7, 11) is 0. The van der Waals surface area contributed by atoms with Gasteiger partial charge in [0.1, 0.15) is 0 Å². The maximum atomic E-state index is 5.79. The van der Waals surface area contributed by atoms with Gasteiger partial charge in [0.2, 0.25) is 0 Å². The summed E-state index contributed by atoms with van der Waals surface area (Å²) in [5.74, 6) is 0.692. The predicted octanol–water partition coefficient (Wildman–Crippen LogP) is 3.44. The fourth-order valence-electron chi connectivity index (χ4n) is 1.19. The average molecular weight is 217 g/mol. The lowest BCUT2D eigenvalue weighted by Crippen LogP contribution is -1.88. The minimum Gasteiger partial charge on any atom is -0.236 e. The van der Waals surface area contributed by atoms with Crippen LogP contribution in [0.4, 0.5) is 0 Å². The Morgan fingerprint density at radius 1 is 1.07 bits per heavy atom. The van der Waals surface area contributed by atoms with Crippen molar-refractivity contribution in [1.29, 1.82) is 0 Å². The van der Waals surface area contributed by atoms with E-state index in [2.05, 4.69) is 16.5 Å². The predicted molar refractivity (Wildman–Crippen MR) is 62.6 cm³/mol. The molecule has 0 N–H and O–H groups in total. The van der Waals surface area contributed by atoms with Gasteiger partial charge in [-0.25, -0.2) is 9.97 Å². The van der Waals surface area contributed by atoms with Crippen LogP contribution in [0.1, 0.15) is 5.56 Å². The van der Waals surface area contributed by atoms with Gasteiger partial charge in [0, 0.05) is 28.5 Å². The molecule has 0 aliphatic carbocycles. The highest BCUT2D eigenvalue weighted by Gasteiger charge is 1.99. The number of rotatable bonds is 2. The lowest BCUT2D eigenvalue weighted by Gasteiger charge is -1.99. The van der Waals surface area contributed by atoms with Crippen LogP contribution in [0.5, 0.6) is 0 Å². The molecular weight excluding hydrogens is 208 g/mol. The monoisotopic (exact) mass is 216 g/mol. The van der Waals surface area contributed by atoms with Gasteiger partial charge in [-0.05, 0) is 24.3 Å². The second kappa shape index (κ2) is 4.24. The van der Waals surface area contributed by atoms with Gasteiger partial charge in [0.15, 0.2) is 5.82 Å². The summed E-state index contributed by atoms with van der Waals surface area (Å²) >= 11 is 5.79. The molecule has 0 atom stereocenters. The quantitative estimate of drug-likeness (QED) is 0.769. The third-order valence-corrected chi connectivity index (χ3v) is 2.26. The van der Waals surface area contributed by atoms with Crippen LogP contribution in [0.2, 0.25) is 5.02 Å². The first-order chi connectivity index (χ1) is 7.29. The number of benzene rings is 1. The maximum absolute atomic E-state index is 5.79. The molecule has 0 unspecified atom stereocenters. The summed E-state index contributed by atoms with van der Waals surface area (Å²) in [4.78, 5) is 8.45. The van der Waals surface area contributed by atoms with Crippen LogP contribution in [0.25, 0.3) is 17.5 Å². The van der Waals surface area contributed by atoms with Crippen molar-refractivity contribution in [3.8, 4) is 11.4 Å². The largest absolute Gasteiger partial charge is 0.236 e. The minimum absolute atomic E-state index is 0.692. The smallest absolute Gasteiger partial charge is 0.159 e. The Labute approximate surface area is 93.3 Å². The lowest BCUT2D eigenvalue weighted by atomic mass is 10.2. The molecule has 0 fully saturated rings. The maximum Gasteiger partial charge on any atom is 0.159 e. The summed E-state index contributed by atoms with van der Waals surface area (Å²) in [5, 5.41) is 0.710. The van der Waals surface area contributed by atoms with Crippen molar-refractivity contribution in [3.63, 3.8) is 0 Å². The van der Waals surface area contributed by atoms with Crippen LogP contribution >= 0.6 is 11.6 Å². The van der Waals surface area contributed by atoms with Crippen LogP contribution in [0, 0.1) is 0 Å². The molecule has 0 aliphatic rings. The van der Waals surface area contributed by atoms with E-state index < -0.39 is 0 Å². The van der Waals surface area contributed by atoms with E-state index in [-0.39, 0.29) is 0 Å². The molecule has 0 bridgehead atoms. The van der Waals surface area contributed by atoms with E-state index in [0.29, 0.717) is 10.8 Å². The van der Waals surface area contributed by atoms with Gasteiger partial charge in [-0.15, -0.1) is 0 Å². The van der Waals surface area contributed by atoms with Gasteiger partial charge in [0.25, 0.3) is 0 Å². The second-order valence-electron chi connectivity index (χ2n) is 3.05. The van der Waals surface area contributed by atoms with Crippen molar-refractivity contribution < 1.29 is 0 Å². The van der Waals surface area contributed by atoms with Gasteiger partial charge in [-0.3, -0.25) is 0 Å². The van der Waals surface area contributed by atoms with Crippen molar-refractivity contribution in [3.05, 3.63) is 53.8 Å². The molecule has 2 nitrogen and oxygen atoms in total. The van der Waals surface area contributed by atoms with Crippen molar-refractivity contribution in [1.82, 2.24) is 9.97 Å². The van der Waals surface area contributed by atoms with Crippen molar-refractivity contribution in [2.45, 2.75) is 0 Å². The first kappa shape index (κ1) is 9.87. The van der Waals surface area contributed by atoms with E-state index in [1.165, 1.54) is 0 Å². The number of halogens is 1. The fourth-order valence-corrected chi connectivity index (χ4v) is 1.32. The Hall–Kier alpha value is -1.67. The van der Waals surface area contributed by atoms with Gasteiger partial charge in [-0.1, -0.05) is 24.3 Å². The third kappa shape index (κ3) is 2.22. The van der Waals surface area contributed by atoms with E-state index in [1.54, 1.807) is 18.5 Å². The topological polar surface area (TPSA) is 25.8 Å². The van der Waals surface area contributed by atoms with E-state index >= 15 is 0 Å². The van der Waals surface area contributed by atoms with Crippen LogP contribution in [0.3, 0.4) is 0 Å². The van der Waals surface area contributed by atoms with Crippen molar-refractivity contribution in [2.24, 2.45) is 0 Å². The summed E-state index contributed by atoms with van der Waals surface area (Å²) < 4.78 is 0. The Balaban J connectivity index is 2.37. The highest BCUT2D eigenvalue weighted by Crippen LogP contribution is 2.17. The van der Waals surface area contributed by atoms with Gasteiger partial charge in [0.05, 0.1) is 0 Å². The normalized spacial score (nSPS) is 9.93. The molecule has 3 heteroatoms. The molecule has 0 radical (unpaired) electrons. The molecule has 1 heterocycles. The van der Waals surface area contributed by atoms with E-state index in [9.17, 15) is 0 Å². The third-order valence-electron chi connectivity index (χ3n) is 2.01. The van der Waals surface area contributed by atoms with Crippen LogP contribution in [0.15, 0.2) is 43.2 Å². The zero-order valence-corrected chi connectivity index (χ0v) is 8.78. The molecule has 2 aromatic rings. The Morgan fingerprint density at radius 2 is 1.67 bits per heavy atom. The molecule has 0 amide bonds. The minimum atomic E-state index is 0.692.